The number of nitrogens with zero attached hydrogens (tertiary/aromatic N) is 3. The highest BCUT2D eigenvalue weighted by Gasteiger charge is 2.38. The van der Waals surface area contributed by atoms with E-state index in [9.17, 15) is 4.79 Å². The van der Waals surface area contributed by atoms with Gasteiger partial charge in [-0.2, -0.15) is 0 Å². The van der Waals surface area contributed by atoms with Crippen molar-refractivity contribution in [1.29, 1.82) is 0 Å². The van der Waals surface area contributed by atoms with Gasteiger partial charge < -0.3 is 4.90 Å². The Morgan fingerprint density at radius 3 is 2.72 bits per heavy atom. The first-order valence-corrected chi connectivity index (χ1v) is 8.76. The zero-order valence-corrected chi connectivity index (χ0v) is 14.6. The Balaban J connectivity index is 1.68. The molecule has 3 aromatic rings. The number of aromatic nitrogens is 2. The van der Waals surface area contributed by atoms with Gasteiger partial charge in [0.1, 0.15) is 5.69 Å². The van der Waals surface area contributed by atoms with Gasteiger partial charge in [0, 0.05) is 18.6 Å². The summed E-state index contributed by atoms with van der Waals surface area (Å²) in [6, 6.07) is 15.1. The van der Waals surface area contributed by atoms with E-state index in [1.807, 2.05) is 43.4 Å². The Morgan fingerprint density at radius 1 is 1.16 bits per heavy atom. The third-order valence-electron chi connectivity index (χ3n) is 4.69. The van der Waals surface area contributed by atoms with E-state index in [0.29, 0.717) is 22.2 Å². The molecule has 1 aliphatic carbocycles. The lowest BCUT2D eigenvalue weighted by Crippen LogP contribution is -2.33. The van der Waals surface area contributed by atoms with E-state index < -0.39 is 0 Å². The predicted molar refractivity (Wildman–Crippen MR) is 98.5 cm³/mol. The Morgan fingerprint density at radius 2 is 2.00 bits per heavy atom. The molecule has 1 aromatic carbocycles. The van der Waals surface area contributed by atoms with Crippen molar-refractivity contribution in [3.8, 4) is 0 Å². The lowest BCUT2D eigenvalue weighted by molar-refractivity contribution is 0.0701. The van der Waals surface area contributed by atoms with Crippen molar-refractivity contribution in [3.05, 3.63) is 71.1 Å². The van der Waals surface area contributed by atoms with Crippen molar-refractivity contribution in [2.75, 3.05) is 7.05 Å². The molecule has 1 atom stereocenters. The van der Waals surface area contributed by atoms with Crippen molar-refractivity contribution < 1.29 is 4.79 Å². The summed E-state index contributed by atoms with van der Waals surface area (Å²) in [4.78, 5) is 23.8. The molecule has 0 N–H and O–H groups in total. The topological polar surface area (TPSA) is 46.1 Å². The van der Waals surface area contributed by atoms with E-state index in [0.717, 1.165) is 23.9 Å². The first-order chi connectivity index (χ1) is 12.1. The van der Waals surface area contributed by atoms with Gasteiger partial charge in [0.25, 0.3) is 5.91 Å². The third kappa shape index (κ3) is 3.10. The van der Waals surface area contributed by atoms with Crippen LogP contribution >= 0.6 is 11.6 Å². The molecule has 5 heteroatoms. The Bertz CT molecular complexity index is 925. The van der Waals surface area contributed by atoms with Crippen LogP contribution in [0.25, 0.3) is 10.9 Å². The molecule has 1 amide bonds. The van der Waals surface area contributed by atoms with Gasteiger partial charge in [0.05, 0.1) is 22.3 Å². The highest BCUT2D eigenvalue weighted by atomic mass is 35.5. The smallest absolute Gasteiger partial charge is 0.272 e. The van der Waals surface area contributed by atoms with Gasteiger partial charge in [0.2, 0.25) is 0 Å². The molecule has 0 saturated heterocycles. The van der Waals surface area contributed by atoms with Crippen molar-refractivity contribution in [3.63, 3.8) is 0 Å². The number of carbonyl (C=O) groups excluding carboxylic acids is 1. The normalized spacial score (nSPS) is 15.1. The average molecular weight is 352 g/mol. The molecule has 2 heterocycles. The van der Waals surface area contributed by atoms with Crippen molar-refractivity contribution >= 4 is 28.4 Å². The summed E-state index contributed by atoms with van der Waals surface area (Å²) in [5.74, 6) is 0.359. The van der Waals surface area contributed by atoms with Gasteiger partial charge in [-0.3, -0.25) is 9.78 Å². The number of rotatable bonds is 4. The molecule has 1 aliphatic rings. The standard InChI is InChI=1S/C20H18ClN3O/c1-24(19(14-8-9-14)16-7-2-3-12-22-16)20(25)17-11-10-13-5-4-6-15(21)18(13)23-17/h2-7,10-12,14,19H,8-9H2,1H3. The van der Waals surface area contributed by atoms with E-state index in [1.54, 1.807) is 23.2 Å². The summed E-state index contributed by atoms with van der Waals surface area (Å²) < 4.78 is 0. The first-order valence-electron chi connectivity index (χ1n) is 8.38. The molecular weight excluding hydrogens is 334 g/mol. The summed E-state index contributed by atoms with van der Waals surface area (Å²) in [6.45, 7) is 0. The monoisotopic (exact) mass is 351 g/mol. The van der Waals surface area contributed by atoms with Crippen molar-refractivity contribution in [2.45, 2.75) is 18.9 Å². The first kappa shape index (κ1) is 16.0. The number of halogens is 1. The largest absolute Gasteiger partial charge is 0.331 e. The lowest BCUT2D eigenvalue weighted by Gasteiger charge is -2.27. The summed E-state index contributed by atoms with van der Waals surface area (Å²) in [7, 11) is 1.83. The van der Waals surface area contributed by atoms with Gasteiger partial charge >= 0.3 is 0 Å². The van der Waals surface area contributed by atoms with Gasteiger partial charge in [-0.1, -0.05) is 35.9 Å². The minimum atomic E-state index is -0.107. The molecule has 1 unspecified atom stereocenters. The van der Waals surface area contributed by atoms with Crippen LogP contribution < -0.4 is 0 Å². The number of amides is 1. The number of pyridine rings is 2. The Labute approximate surface area is 151 Å². The quantitative estimate of drug-likeness (QED) is 0.695. The summed E-state index contributed by atoms with van der Waals surface area (Å²) in [5.41, 5.74) is 1.99. The summed E-state index contributed by atoms with van der Waals surface area (Å²) in [6.07, 6.45) is 4.02. The van der Waals surface area contributed by atoms with Gasteiger partial charge in [-0.25, -0.2) is 4.98 Å². The Kier molecular flexibility index (Phi) is 4.14. The molecule has 1 saturated carbocycles. The number of benzene rings is 1. The second-order valence-corrected chi connectivity index (χ2v) is 6.87. The number of hydrogen-bond donors (Lipinski definition) is 0. The fourth-order valence-electron chi connectivity index (χ4n) is 3.26. The van der Waals surface area contributed by atoms with E-state index >= 15 is 0 Å². The number of hydrogen-bond acceptors (Lipinski definition) is 3. The van der Waals surface area contributed by atoms with E-state index in [-0.39, 0.29) is 11.9 Å². The molecule has 0 spiro atoms. The van der Waals surface area contributed by atoms with Crippen LogP contribution in [-0.4, -0.2) is 27.8 Å². The zero-order chi connectivity index (χ0) is 17.4. The van der Waals surface area contributed by atoms with Crippen LogP contribution in [0.4, 0.5) is 0 Å². The van der Waals surface area contributed by atoms with Crippen LogP contribution in [0.2, 0.25) is 5.02 Å². The fraction of sp³-hybridized carbons (Fsp3) is 0.250. The minimum Gasteiger partial charge on any atom is -0.331 e. The maximum atomic E-state index is 13.0. The molecule has 25 heavy (non-hydrogen) atoms. The van der Waals surface area contributed by atoms with Crippen LogP contribution in [0.5, 0.6) is 0 Å². The number of fused-ring (bicyclic) bond motifs is 1. The van der Waals surface area contributed by atoms with Crippen molar-refractivity contribution in [1.82, 2.24) is 14.9 Å². The molecule has 126 valence electrons. The van der Waals surface area contributed by atoms with E-state index in [2.05, 4.69) is 9.97 Å². The molecule has 0 aliphatic heterocycles. The van der Waals surface area contributed by atoms with Crippen LogP contribution in [0.15, 0.2) is 54.7 Å². The molecule has 0 bridgehead atoms. The molecule has 1 fully saturated rings. The SMILES string of the molecule is CN(C(=O)c1ccc2cccc(Cl)c2n1)C(c1ccccn1)C1CC1. The summed E-state index contributed by atoms with van der Waals surface area (Å²) >= 11 is 6.23. The van der Waals surface area contributed by atoms with Gasteiger partial charge in [0.15, 0.2) is 0 Å². The fourth-order valence-corrected chi connectivity index (χ4v) is 3.48. The van der Waals surface area contributed by atoms with Crippen LogP contribution in [-0.2, 0) is 0 Å². The maximum absolute atomic E-state index is 13.0. The average Bonchev–Trinajstić information content (AvgIpc) is 3.47. The van der Waals surface area contributed by atoms with E-state index in [4.69, 9.17) is 11.6 Å². The Hall–Kier alpha value is -2.46. The highest BCUT2D eigenvalue weighted by molar-refractivity contribution is 6.35. The highest BCUT2D eigenvalue weighted by Crippen LogP contribution is 2.43. The predicted octanol–water partition coefficient (Wildman–Crippen LogP) is 4.51. The van der Waals surface area contributed by atoms with Crippen LogP contribution in [0.1, 0.15) is 35.1 Å². The second kappa shape index (κ2) is 6.45. The minimum absolute atomic E-state index is 0.0163. The maximum Gasteiger partial charge on any atom is 0.272 e. The third-order valence-corrected chi connectivity index (χ3v) is 4.99. The molecule has 4 nitrogen and oxygen atoms in total. The van der Waals surface area contributed by atoms with Gasteiger partial charge in [-0.15, -0.1) is 0 Å². The van der Waals surface area contributed by atoms with Crippen molar-refractivity contribution in [2.24, 2.45) is 5.92 Å². The van der Waals surface area contributed by atoms with Crippen LogP contribution in [0.3, 0.4) is 0 Å². The molecule has 4 rings (SSSR count). The molecule has 0 radical (unpaired) electrons. The second-order valence-electron chi connectivity index (χ2n) is 6.46. The molecule has 2 aromatic heterocycles. The van der Waals surface area contributed by atoms with Crippen LogP contribution in [0, 0.1) is 5.92 Å². The summed E-state index contributed by atoms with van der Waals surface area (Å²) in [5, 5.41) is 1.48. The zero-order valence-electron chi connectivity index (χ0n) is 13.9. The lowest BCUT2D eigenvalue weighted by atomic mass is 10.1. The number of para-hydroxylation sites is 1. The molecular formula is C20H18ClN3O. The van der Waals surface area contributed by atoms with E-state index in [1.165, 1.54) is 0 Å². The van der Waals surface area contributed by atoms with Gasteiger partial charge in [-0.05, 0) is 43.0 Å². The number of carbonyl (C=O) groups is 1.